The fourth-order valence-electron chi connectivity index (χ4n) is 1.84. The van der Waals surface area contributed by atoms with Gasteiger partial charge in [0.05, 0.1) is 0 Å². The molecule has 3 nitrogen and oxygen atoms in total. The fourth-order valence-corrected chi connectivity index (χ4v) is 1.84. The lowest BCUT2D eigenvalue weighted by molar-refractivity contribution is -0.124. The standard InChI is InChI=1S/C14H13NO2/c1-11(17)15-8-7-14(13(9-15)10-16)12-5-3-2-4-6-12/h2-10,14H,1H3/t14-/m0/s1. The molecule has 1 heterocycles. The highest BCUT2D eigenvalue weighted by Gasteiger charge is 2.19. The van der Waals surface area contributed by atoms with Crippen molar-refractivity contribution >= 4 is 12.2 Å². The minimum atomic E-state index is -0.105. The molecule has 0 aromatic heterocycles. The number of carbonyl (C=O) groups is 2. The summed E-state index contributed by atoms with van der Waals surface area (Å²) in [6.07, 6.45) is 5.96. The minimum absolute atomic E-state index is 0.0655. The van der Waals surface area contributed by atoms with E-state index in [9.17, 15) is 9.59 Å². The van der Waals surface area contributed by atoms with Crippen LogP contribution in [0.15, 0.2) is 54.4 Å². The Balaban J connectivity index is 2.33. The van der Waals surface area contributed by atoms with Crippen LogP contribution in [0.5, 0.6) is 0 Å². The number of aldehydes is 1. The second-order valence-electron chi connectivity index (χ2n) is 3.90. The van der Waals surface area contributed by atoms with E-state index in [0.29, 0.717) is 5.57 Å². The van der Waals surface area contributed by atoms with E-state index in [0.717, 1.165) is 11.8 Å². The number of benzene rings is 1. The SMILES string of the molecule is CC(=O)N1C=C[C@@H](c2ccccc2)C(C=O)=C1. The van der Waals surface area contributed by atoms with Crippen molar-refractivity contribution in [2.24, 2.45) is 0 Å². The minimum Gasteiger partial charge on any atom is -0.298 e. The Morgan fingerprint density at radius 1 is 1.29 bits per heavy atom. The van der Waals surface area contributed by atoms with E-state index >= 15 is 0 Å². The number of carbonyl (C=O) groups excluding carboxylic acids is 2. The molecule has 17 heavy (non-hydrogen) atoms. The quantitative estimate of drug-likeness (QED) is 0.726. The lowest BCUT2D eigenvalue weighted by atomic mass is 9.91. The van der Waals surface area contributed by atoms with Crippen molar-refractivity contribution in [3.05, 3.63) is 59.9 Å². The van der Waals surface area contributed by atoms with Crippen LogP contribution in [0, 0.1) is 0 Å². The van der Waals surface area contributed by atoms with Gasteiger partial charge in [-0.05, 0) is 5.56 Å². The van der Waals surface area contributed by atoms with E-state index in [1.807, 2.05) is 36.4 Å². The number of amides is 1. The lowest BCUT2D eigenvalue weighted by Gasteiger charge is -2.22. The Morgan fingerprint density at radius 3 is 2.59 bits per heavy atom. The molecule has 2 rings (SSSR count). The van der Waals surface area contributed by atoms with Gasteiger partial charge in [0.25, 0.3) is 0 Å². The first-order chi connectivity index (χ1) is 8.22. The van der Waals surface area contributed by atoms with E-state index in [-0.39, 0.29) is 11.8 Å². The van der Waals surface area contributed by atoms with Crippen molar-refractivity contribution in [1.29, 1.82) is 0 Å². The summed E-state index contributed by atoms with van der Waals surface area (Å²) in [5.41, 5.74) is 1.64. The Bertz CT molecular complexity index is 488. The molecule has 1 aliphatic rings. The van der Waals surface area contributed by atoms with E-state index in [1.54, 1.807) is 12.4 Å². The highest BCUT2D eigenvalue weighted by molar-refractivity contribution is 5.82. The highest BCUT2D eigenvalue weighted by Crippen LogP contribution is 2.28. The summed E-state index contributed by atoms with van der Waals surface area (Å²) in [5, 5.41) is 0. The third kappa shape index (κ3) is 2.33. The zero-order chi connectivity index (χ0) is 12.3. The van der Waals surface area contributed by atoms with Crippen molar-refractivity contribution < 1.29 is 9.59 Å². The molecule has 1 atom stereocenters. The van der Waals surface area contributed by atoms with Gasteiger partial charge in [-0.3, -0.25) is 14.5 Å². The summed E-state index contributed by atoms with van der Waals surface area (Å²) >= 11 is 0. The molecule has 0 bridgehead atoms. The van der Waals surface area contributed by atoms with Crippen LogP contribution in [-0.2, 0) is 9.59 Å². The predicted octanol–water partition coefficient (Wildman–Crippen LogP) is 2.23. The maximum absolute atomic E-state index is 11.2. The van der Waals surface area contributed by atoms with E-state index in [2.05, 4.69) is 0 Å². The van der Waals surface area contributed by atoms with Gasteiger partial charge in [-0.25, -0.2) is 0 Å². The Hall–Kier alpha value is -2.16. The van der Waals surface area contributed by atoms with Crippen molar-refractivity contribution in [3.63, 3.8) is 0 Å². The van der Waals surface area contributed by atoms with Crippen LogP contribution >= 0.6 is 0 Å². The molecule has 0 N–H and O–H groups in total. The van der Waals surface area contributed by atoms with Gasteiger partial charge >= 0.3 is 0 Å². The van der Waals surface area contributed by atoms with Crippen LogP contribution in [-0.4, -0.2) is 17.1 Å². The summed E-state index contributed by atoms with van der Waals surface area (Å²) in [6, 6.07) is 9.74. The van der Waals surface area contributed by atoms with Crippen molar-refractivity contribution in [3.8, 4) is 0 Å². The smallest absolute Gasteiger partial charge is 0.227 e. The molecular weight excluding hydrogens is 214 g/mol. The zero-order valence-electron chi connectivity index (χ0n) is 9.54. The topological polar surface area (TPSA) is 37.4 Å². The number of hydrogen-bond acceptors (Lipinski definition) is 2. The summed E-state index contributed by atoms with van der Waals surface area (Å²) in [4.78, 5) is 23.7. The van der Waals surface area contributed by atoms with E-state index in [4.69, 9.17) is 0 Å². The monoisotopic (exact) mass is 227 g/mol. The summed E-state index contributed by atoms with van der Waals surface area (Å²) in [5.74, 6) is -0.170. The van der Waals surface area contributed by atoms with Gasteiger partial charge in [0.1, 0.15) is 6.29 Å². The van der Waals surface area contributed by atoms with Crippen LogP contribution in [0.3, 0.4) is 0 Å². The average Bonchev–Trinajstić information content (AvgIpc) is 2.39. The number of allylic oxidation sites excluding steroid dienone is 2. The molecular formula is C14H13NO2. The van der Waals surface area contributed by atoms with Crippen LogP contribution in [0.1, 0.15) is 18.4 Å². The van der Waals surface area contributed by atoms with Gasteiger partial charge in [0, 0.05) is 30.8 Å². The van der Waals surface area contributed by atoms with Crippen molar-refractivity contribution in [1.82, 2.24) is 4.90 Å². The molecule has 0 aliphatic carbocycles. The van der Waals surface area contributed by atoms with Crippen molar-refractivity contribution in [2.45, 2.75) is 12.8 Å². The van der Waals surface area contributed by atoms with Gasteiger partial charge in [-0.2, -0.15) is 0 Å². The van der Waals surface area contributed by atoms with Crippen molar-refractivity contribution in [2.75, 3.05) is 0 Å². The summed E-state index contributed by atoms with van der Waals surface area (Å²) in [6.45, 7) is 1.46. The Kier molecular flexibility index (Phi) is 3.19. The average molecular weight is 227 g/mol. The molecule has 1 aromatic rings. The van der Waals surface area contributed by atoms with Gasteiger partial charge in [0.2, 0.25) is 5.91 Å². The first kappa shape index (κ1) is 11.3. The molecule has 0 saturated heterocycles. The number of hydrogen-bond donors (Lipinski definition) is 0. The summed E-state index contributed by atoms with van der Waals surface area (Å²) in [7, 11) is 0. The number of nitrogens with zero attached hydrogens (tertiary/aromatic N) is 1. The first-order valence-corrected chi connectivity index (χ1v) is 5.41. The number of rotatable bonds is 2. The second kappa shape index (κ2) is 4.78. The molecule has 1 amide bonds. The lowest BCUT2D eigenvalue weighted by Crippen LogP contribution is -2.21. The molecule has 0 fully saturated rings. The maximum Gasteiger partial charge on any atom is 0.227 e. The Labute approximate surface area is 100 Å². The molecule has 3 heteroatoms. The van der Waals surface area contributed by atoms with Crippen LogP contribution in [0.25, 0.3) is 0 Å². The molecule has 1 aliphatic heterocycles. The van der Waals surface area contributed by atoms with Gasteiger partial charge in [0.15, 0.2) is 0 Å². The fraction of sp³-hybridized carbons (Fsp3) is 0.143. The molecule has 0 spiro atoms. The maximum atomic E-state index is 11.2. The molecule has 0 radical (unpaired) electrons. The van der Waals surface area contributed by atoms with E-state index in [1.165, 1.54) is 11.8 Å². The van der Waals surface area contributed by atoms with Crippen LogP contribution in [0.2, 0.25) is 0 Å². The van der Waals surface area contributed by atoms with E-state index < -0.39 is 0 Å². The predicted molar refractivity (Wildman–Crippen MR) is 65.0 cm³/mol. The highest BCUT2D eigenvalue weighted by atomic mass is 16.2. The van der Waals surface area contributed by atoms with Gasteiger partial charge in [-0.15, -0.1) is 0 Å². The summed E-state index contributed by atoms with van der Waals surface area (Å²) < 4.78 is 0. The van der Waals surface area contributed by atoms with Gasteiger partial charge in [-0.1, -0.05) is 36.4 Å². The third-order valence-electron chi connectivity index (χ3n) is 2.74. The van der Waals surface area contributed by atoms with Crippen LogP contribution < -0.4 is 0 Å². The first-order valence-electron chi connectivity index (χ1n) is 5.41. The normalized spacial score (nSPS) is 18.8. The van der Waals surface area contributed by atoms with Crippen LogP contribution in [0.4, 0.5) is 0 Å². The third-order valence-corrected chi connectivity index (χ3v) is 2.74. The molecule has 86 valence electrons. The zero-order valence-corrected chi connectivity index (χ0v) is 9.54. The van der Waals surface area contributed by atoms with Gasteiger partial charge < -0.3 is 0 Å². The molecule has 1 aromatic carbocycles. The molecule has 0 unspecified atom stereocenters. The second-order valence-corrected chi connectivity index (χ2v) is 3.90. The largest absolute Gasteiger partial charge is 0.298 e. The molecule has 0 saturated carbocycles. The Morgan fingerprint density at radius 2 is 2.00 bits per heavy atom.